The van der Waals surface area contributed by atoms with Gasteiger partial charge in [0.25, 0.3) is 0 Å². The van der Waals surface area contributed by atoms with Gasteiger partial charge in [-0.3, -0.25) is 9.10 Å². The maximum absolute atomic E-state index is 12.8. The fourth-order valence-corrected chi connectivity index (χ4v) is 4.21. The van der Waals surface area contributed by atoms with E-state index in [9.17, 15) is 13.2 Å². The summed E-state index contributed by atoms with van der Waals surface area (Å²) in [5.74, 6) is 0.184. The van der Waals surface area contributed by atoms with Crippen molar-refractivity contribution < 1.29 is 13.2 Å². The number of anilines is 1. The van der Waals surface area contributed by atoms with Gasteiger partial charge in [-0.15, -0.1) is 0 Å². The van der Waals surface area contributed by atoms with E-state index in [2.05, 4.69) is 19.9 Å². The van der Waals surface area contributed by atoms with Gasteiger partial charge < -0.3 is 4.90 Å². The summed E-state index contributed by atoms with van der Waals surface area (Å²) < 4.78 is 25.8. The predicted octanol–water partition coefficient (Wildman–Crippen LogP) is 3.16. The largest absolute Gasteiger partial charge is 0.336 e. The SMILES string of the molecule is CC(C)c1ccc(N(CC(=O)N2CCc3ccccc3C2)S(C)(=O)=O)cc1. The van der Waals surface area contributed by atoms with Crippen LogP contribution in [0.15, 0.2) is 48.5 Å². The van der Waals surface area contributed by atoms with Gasteiger partial charge in [-0.25, -0.2) is 8.42 Å². The number of hydrogen-bond donors (Lipinski definition) is 0. The van der Waals surface area contributed by atoms with Gasteiger partial charge in [0.05, 0.1) is 11.9 Å². The molecule has 0 aliphatic carbocycles. The number of amides is 1. The van der Waals surface area contributed by atoms with Crippen LogP contribution in [-0.4, -0.2) is 38.6 Å². The van der Waals surface area contributed by atoms with Crippen LogP contribution in [0.4, 0.5) is 5.69 Å². The van der Waals surface area contributed by atoms with Crippen molar-refractivity contribution in [2.45, 2.75) is 32.7 Å². The van der Waals surface area contributed by atoms with E-state index in [4.69, 9.17) is 0 Å². The van der Waals surface area contributed by atoms with Crippen LogP contribution in [0.1, 0.15) is 36.5 Å². The summed E-state index contributed by atoms with van der Waals surface area (Å²) in [5, 5.41) is 0. The Balaban J connectivity index is 1.78. The lowest BCUT2D eigenvalue weighted by Gasteiger charge is -2.31. The van der Waals surface area contributed by atoms with Gasteiger partial charge in [0.2, 0.25) is 15.9 Å². The van der Waals surface area contributed by atoms with E-state index in [-0.39, 0.29) is 12.5 Å². The summed E-state index contributed by atoms with van der Waals surface area (Å²) in [5.41, 5.74) is 4.04. The number of carbonyl (C=O) groups is 1. The topological polar surface area (TPSA) is 57.7 Å². The highest BCUT2D eigenvalue weighted by atomic mass is 32.2. The van der Waals surface area contributed by atoms with E-state index in [0.717, 1.165) is 23.8 Å². The molecule has 6 heteroatoms. The van der Waals surface area contributed by atoms with Gasteiger partial charge >= 0.3 is 0 Å². The lowest BCUT2D eigenvalue weighted by molar-refractivity contribution is -0.130. The molecule has 0 saturated carbocycles. The van der Waals surface area contributed by atoms with Crippen LogP contribution in [0.2, 0.25) is 0 Å². The molecule has 0 N–H and O–H groups in total. The summed E-state index contributed by atoms with van der Waals surface area (Å²) in [6.07, 6.45) is 1.94. The molecule has 0 fully saturated rings. The Kier molecular flexibility index (Phi) is 5.56. The van der Waals surface area contributed by atoms with E-state index in [1.165, 1.54) is 9.87 Å². The van der Waals surface area contributed by atoms with E-state index >= 15 is 0 Å². The molecule has 0 bridgehead atoms. The fourth-order valence-electron chi connectivity index (χ4n) is 3.36. The number of rotatable bonds is 5. The van der Waals surface area contributed by atoms with Gasteiger partial charge in [0, 0.05) is 13.1 Å². The van der Waals surface area contributed by atoms with Crippen molar-refractivity contribution in [3.05, 3.63) is 65.2 Å². The highest BCUT2D eigenvalue weighted by Gasteiger charge is 2.26. The monoisotopic (exact) mass is 386 g/mol. The van der Waals surface area contributed by atoms with Crippen molar-refractivity contribution in [1.82, 2.24) is 4.90 Å². The Morgan fingerprint density at radius 2 is 1.70 bits per heavy atom. The zero-order valence-corrected chi connectivity index (χ0v) is 16.9. The normalized spacial score (nSPS) is 14.1. The molecule has 5 nitrogen and oxygen atoms in total. The first-order chi connectivity index (χ1) is 12.8. The molecule has 1 aliphatic rings. The van der Waals surface area contributed by atoms with Crippen LogP contribution in [-0.2, 0) is 27.8 Å². The summed E-state index contributed by atoms with van der Waals surface area (Å²) >= 11 is 0. The zero-order valence-electron chi connectivity index (χ0n) is 16.1. The van der Waals surface area contributed by atoms with Crippen molar-refractivity contribution in [3.8, 4) is 0 Å². The number of sulfonamides is 1. The average molecular weight is 387 g/mol. The van der Waals surface area contributed by atoms with Crippen molar-refractivity contribution in [3.63, 3.8) is 0 Å². The first-order valence-corrected chi connectivity index (χ1v) is 11.0. The third-order valence-electron chi connectivity index (χ3n) is 5.01. The molecule has 27 heavy (non-hydrogen) atoms. The van der Waals surface area contributed by atoms with Crippen molar-refractivity contribution >= 4 is 21.6 Å². The molecule has 0 unspecified atom stereocenters. The molecule has 0 spiro atoms. The molecule has 0 radical (unpaired) electrons. The number of benzene rings is 2. The maximum atomic E-state index is 12.8. The molecule has 1 amide bonds. The standard InChI is InChI=1S/C21H26N2O3S/c1-16(2)17-8-10-20(11-9-17)23(27(3,25)26)15-21(24)22-13-12-18-6-4-5-7-19(18)14-22/h4-11,16H,12-15H2,1-3H3. The first kappa shape index (κ1) is 19.4. The minimum atomic E-state index is -3.56. The fraction of sp³-hybridized carbons (Fsp3) is 0.381. The van der Waals surface area contributed by atoms with Gasteiger partial charge in [-0.1, -0.05) is 50.2 Å². The second kappa shape index (κ2) is 7.72. The summed E-state index contributed by atoms with van der Waals surface area (Å²) in [7, 11) is -3.56. The van der Waals surface area contributed by atoms with E-state index in [0.29, 0.717) is 24.7 Å². The summed E-state index contributed by atoms with van der Waals surface area (Å²) in [6.45, 7) is 5.13. The van der Waals surface area contributed by atoms with Crippen LogP contribution in [0, 0.1) is 0 Å². The second-order valence-corrected chi connectivity index (χ2v) is 9.26. The van der Waals surface area contributed by atoms with Crippen LogP contribution < -0.4 is 4.31 Å². The van der Waals surface area contributed by atoms with E-state index in [1.807, 2.05) is 30.3 Å². The average Bonchev–Trinajstić information content (AvgIpc) is 2.64. The molecule has 0 atom stereocenters. The number of fused-ring (bicyclic) bond motifs is 1. The maximum Gasteiger partial charge on any atom is 0.243 e. The van der Waals surface area contributed by atoms with Gasteiger partial charge in [0.1, 0.15) is 6.54 Å². The number of nitrogens with zero attached hydrogens (tertiary/aromatic N) is 2. The van der Waals surface area contributed by atoms with Crippen molar-refractivity contribution in [2.24, 2.45) is 0 Å². The molecule has 2 aromatic rings. The lowest BCUT2D eigenvalue weighted by Crippen LogP contribution is -2.44. The van der Waals surface area contributed by atoms with Crippen LogP contribution in [0.3, 0.4) is 0 Å². The number of carbonyl (C=O) groups excluding carboxylic acids is 1. The van der Waals surface area contributed by atoms with Crippen LogP contribution >= 0.6 is 0 Å². The highest BCUT2D eigenvalue weighted by Crippen LogP contribution is 2.23. The molecule has 1 heterocycles. The van der Waals surface area contributed by atoms with Crippen LogP contribution in [0.5, 0.6) is 0 Å². The Hall–Kier alpha value is -2.34. The minimum Gasteiger partial charge on any atom is -0.336 e. The summed E-state index contributed by atoms with van der Waals surface area (Å²) in [6, 6.07) is 15.4. The third-order valence-corrected chi connectivity index (χ3v) is 6.15. The smallest absolute Gasteiger partial charge is 0.243 e. The molecular weight excluding hydrogens is 360 g/mol. The Morgan fingerprint density at radius 3 is 2.30 bits per heavy atom. The van der Waals surface area contributed by atoms with Crippen LogP contribution in [0.25, 0.3) is 0 Å². The Labute approximate surface area is 161 Å². The van der Waals surface area contributed by atoms with Gasteiger partial charge in [0.15, 0.2) is 0 Å². The lowest BCUT2D eigenvalue weighted by atomic mass is 10.00. The Bertz CT molecular complexity index is 921. The molecule has 1 aliphatic heterocycles. The predicted molar refractivity (Wildman–Crippen MR) is 108 cm³/mol. The van der Waals surface area contributed by atoms with Crippen molar-refractivity contribution in [1.29, 1.82) is 0 Å². The molecule has 0 aromatic heterocycles. The van der Waals surface area contributed by atoms with Crippen molar-refractivity contribution in [2.75, 3.05) is 23.7 Å². The molecular formula is C21H26N2O3S. The second-order valence-electron chi connectivity index (χ2n) is 7.35. The zero-order chi connectivity index (χ0) is 19.6. The first-order valence-electron chi connectivity index (χ1n) is 9.18. The minimum absolute atomic E-state index is 0.178. The molecule has 2 aromatic carbocycles. The van der Waals surface area contributed by atoms with E-state index in [1.54, 1.807) is 17.0 Å². The quantitative estimate of drug-likeness (QED) is 0.793. The third kappa shape index (κ3) is 4.50. The Morgan fingerprint density at radius 1 is 1.07 bits per heavy atom. The molecule has 0 saturated heterocycles. The summed E-state index contributed by atoms with van der Waals surface area (Å²) in [4.78, 5) is 14.6. The van der Waals surface area contributed by atoms with E-state index < -0.39 is 10.0 Å². The highest BCUT2D eigenvalue weighted by molar-refractivity contribution is 7.92. The molecule has 3 rings (SSSR count). The number of hydrogen-bond acceptors (Lipinski definition) is 3. The van der Waals surface area contributed by atoms with Gasteiger partial charge in [-0.05, 0) is 41.2 Å². The van der Waals surface area contributed by atoms with Gasteiger partial charge in [-0.2, -0.15) is 0 Å². The molecule has 144 valence electrons.